The van der Waals surface area contributed by atoms with Gasteiger partial charge in [0, 0.05) is 6.42 Å². The molecule has 4 rings (SSSR count). The van der Waals surface area contributed by atoms with Gasteiger partial charge >= 0.3 is 5.97 Å². The van der Waals surface area contributed by atoms with E-state index in [-0.39, 0.29) is 11.9 Å². The minimum atomic E-state index is -0.0622. The van der Waals surface area contributed by atoms with Crippen LogP contribution in [-0.4, -0.2) is 5.97 Å². The van der Waals surface area contributed by atoms with Gasteiger partial charge in [-0.2, -0.15) is 0 Å². The Morgan fingerprint density at radius 1 is 1.12 bits per heavy atom. The van der Waals surface area contributed by atoms with Crippen molar-refractivity contribution in [2.75, 3.05) is 0 Å². The van der Waals surface area contributed by atoms with Gasteiger partial charge in [0.1, 0.15) is 5.76 Å². The average Bonchev–Trinajstić information content (AvgIpc) is 2.96. The van der Waals surface area contributed by atoms with E-state index >= 15 is 0 Å². The van der Waals surface area contributed by atoms with Crippen LogP contribution in [0.25, 0.3) is 0 Å². The molecule has 0 N–H and O–H groups in total. The molecule has 0 aromatic carbocycles. The molecule has 2 nitrogen and oxygen atoms in total. The first-order chi connectivity index (χ1) is 11.5. The van der Waals surface area contributed by atoms with Crippen LogP contribution in [0.15, 0.2) is 11.8 Å². The molecule has 0 bridgehead atoms. The van der Waals surface area contributed by atoms with E-state index in [1.165, 1.54) is 44.9 Å². The summed E-state index contributed by atoms with van der Waals surface area (Å²) >= 11 is 0. The largest absolute Gasteiger partial charge is 0.431 e. The summed E-state index contributed by atoms with van der Waals surface area (Å²) in [6, 6.07) is 0. The summed E-state index contributed by atoms with van der Waals surface area (Å²) in [6.07, 6.45) is 14.5. The lowest BCUT2D eigenvalue weighted by atomic mass is 9.51. The number of allylic oxidation sites excluding steroid dienone is 2. The molecule has 6 atom stereocenters. The van der Waals surface area contributed by atoms with Crippen molar-refractivity contribution in [1.82, 2.24) is 0 Å². The Labute approximate surface area is 147 Å². The zero-order valence-corrected chi connectivity index (χ0v) is 15.7. The van der Waals surface area contributed by atoms with Crippen molar-refractivity contribution in [3.63, 3.8) is 0 Å². The third kappa shape index (κ3) is 2.74. The lowest BCUT2D eigenvalue weighted by Crippen LogP contribution is -2.46. The van der Waals surface area contributed by atoms with Crippen LogP contribution in [0.4, 0.5) is 0 Å². The summed E-state index contributed by atoms with van der Waals surface area (Å²) in [6.45, 7) is 6.41. The molecule has 0 saturated heterocycles. The number of rotatable bonds is 2. The van der Waals surface area contributed by atoms with Crippen LogP contribution < -0.4 is 0 Å². The number of esters is 1. The molecule has 134 valence electrons. The number of fused-ring (bicyclic) bond motifs is 5. The highest BCUT2D eigenvalue weighted by molar-refractivity contribution is 5.72. The predicted octanol–water partition coefficient (Wildman–Crippen LogP) is 5.72. The smallest absolute Gasteiger partial charge is 0.313 e. The van der Waals surface area contributed by atoms with Crippen molar-refractivity contribution in [3.05, 3.63) is 11.8 Å². The molecule has 24 heavy (non-hydrogen) atoms. The first-order valence-corrected chi connectivity index (χ1v) is 10.4. The predicted molar refractivity (Wildman–Crippen MR) is 96.1 cm³/mol. The van der Waals surface area contributed by atoms with Crippen LogP contribution in [0.5, 0.6) is 0 Å². The summed E-state index contributed by atoms with van der Waals surface area (Å²) in [5, 5.41) is 0. The van der Waals surface area contributed by atoms with Crippen molar-refractivity contribution in [3.8, 4) is 0 Å². The fraction of sp³-hybridized carbons (Fsp3) is 0.864. The van der Waals surface area contributed by atoms with Crippen molar-refractivity contribution < 1.29 is 9.53 Å². The van der Waals surface area contributed by atoms with E-state index in [4.69, 9.17) is 4.74 Å². The number of hydrogen-bond acceptors (Lipinski definition) is 2. The summed E-state index contributed by atoms with van der Waals surface area (Å²) in [7, 11) is 0. The molecule has 0 aromatic heterocycles. The van der Waals surface area contributed by atoms with E-state index in [9.17, 15) is 4.79 Å². The van der Waals surface area contributed by atoms with Crippen LogP contribution in [0.2, 0.25) is 0 Å². The standard InChI is InChI=1S/C22H34O2/c1-14(2)21(23)24-16-7-9-17-15(13-16)6-8-19-18(17)10-12-22(3)11-4-5-20(19)22/h7,14-15,17-20H,4-6,8-13H2,1-3H3/t15?,17-,18+,19+,20-,22-/m0/s1. The first kappa shape index (κ1) is 16.7. The van der Waals surface area contributed by atoms with E-state index in [1.807, 2.05) is 13.8 Å². The molecule has 3 fully saturated rings. The number of carbonyl (C=O) groups excluding carboxylic acids is 1. The monoisotopic (exact) mass is 330 g/mol. The van der Waals surface area contributed by atoms with Crippen molar-refractivity contribution in [1.29, 1.82) is 0 Å². The maximum Gasteiger partial charge on any atom is 0.313 e. The third-order valence-electron chi connectivity index (χ3n) is 8.08. The minimum absolute atomic E-state index is 0.0299. The Hall–Kier alpha value is -0.790. The van der Waals surface area contributed by atoms with Gasteiger partial charge in [0.15, 0.2) is 0 Å². The van der Waals surface area contributed by atoms with Crippen LogP contribution >= 0.6 is 0 Å². The number of hydrogen-bond donors (Lipinski definition) is 0. The van der Waals surface area contributed by atoms with Crippen molar-refractivity contribution in [2.45, 2.75) is 78.6 Å². The van der Waals surface area contributed by atoms with Crippen LogP contribution in [0.1, 0.15) is 78.6 Å². The highest BCUT2D eigenvalue weighted by atomic mass is 16.5. The second-order valence-electron chi connectivity index (χ2n) is 9.71. The zero-order chi connectivity index (χ0) is 16.9. The van der Waals surface area contributed by atoms with Gasteiger partial charge in [-0.15, -0.1) is 0 Å². The molecular weight excluding hydrogens is 296 g/mol. The van der Waals surface area contributed by atoms with Crippen molar-refractivity contribution >= 4 is 5.97 Å². The molecule has 1 unspecified atom stereocenters. The molecule has 3 saturated carbocycles. The van der Waals surface area contributed by atoms with Crippen LogP contribution in [-0.2, 0) is 9.53 Å². The fourth-order valence-electron chi connectivity index (χ4n) is 6.79. The molecular formula is C22H34O2. The van der Waals surface area contributed by atoms with E-state index in [1.54, 1.807) is 0 Å². The molecule has 0 aromatic rings. The molecule has 2 heteroatoms. The van der Waals surface area contributed by atoms with Crippen LogP contribution in [0.3, 0.4) is 0 Å². The summed E-state index contributed by atoms with van der Waals surface area (Å²) in [4.78, 5) is 11.9. The minimum Gasteiger partial charge on any atom is -0.431 e. The molecule has 0 spiro atoms. The lowest BCUT2D eigenvalue weighted by molar-refractivity contribution is -0.144. The molecule has 0 amide bonds. The summed E-state index contributed by atoms with van der Waals surface area (Å²) < 4.78 is 5.65. The Morgan fingerprint density at radius 3 is 2.75 bits per heavy atom. The Kier molecular flexibility index (Phi) is 4.29. The first-order valence-electron chi connectivity index (χ1n) is 10.4. The van der Waals surface area contributed by atoms with Crippen molar-refractivity contribution in [2.24, 2.45) is 40.9 Å². The summed E-state index contributed by atoms with van der Waals surface area (Å²) in [5.74, 6) is 5.42. The van der Waals surface area contributed by atoms with E-state index < -0.39 is 0 Å². The second-order valence-corrected chi connectivity index (χ2v) is 9.71. The van der Waals surface area contributed by atoms with Gasteiger partial charge in [-0.05, 0) is 86.0 Å². The third-order valence-corrected chi connectivity index (χ3v) is 8.08. The zero-order valence-electron chi connectivity index (χ0n) is 15.7. The maximum absolute atomic E-state index is 11.9. The Bertz CT molecular complexity index is 534. The van der Waals surface area contributed by atoms with Gasteiger partial charge in [-0.3, -0.25) is 4.79 Å². The highest BCUT2D eigenvalue weighted by Crippen LogP contribution is 2.62. The molecule has 4 aliphatic carbocycles. The van der Waals surface area contributed by atoms with Gasteiger partial charge in [-0.1, -0.05) is 27.2 Å². The number of ether oxygens (including phenoxy) is 1. The molecule has 0 radical (unpaired) electrons. The quantitative estimate of drug-likeness (QED) is 0.605. The SMILES string of the molecule is CC(C)C(=O)OC1=CC[C@H]2C(CC[C@@H]3[C@@H]2CC[C@]2(C)CCC[C@@H]32)C1. The molecule has 4 aliphatic rings. The highest BCUT2D eigenvalue weighted by Gasteiger charge is 2.53. The Morgan fingerprint density at radius 2 is 1.96 bits per heavy atom. The van der Waals surface area contributed by atoms with Crippen LogP contribution in [0, 0.1) is 40.9 Å². The van der Waals surface area contributed by atoms with Gasteiger partial charge in [-0.25, -0.2) is 0 Å². The Balaban J connectivity index is 1.46. The molecule has 0 heterocycles. The van der Waals surface area contributed by atoms with Gasteiger partial charge in [0.25, 0.3) is 0 Å². The van der Waals surface area contributed by atoms with Gasteiger partial charge < -0.3 is 4.74 Å². The second kappa shape index (κ2) is 6.18. The normalized spacial score (nSPS) is 44.3. The maximum atomic E-state index is 11.9. The molecule has 0 aliphatic heterocycles. The van der Waals surface area contributed by atoms with Gasteiger partial charge in [0.05, 0.1) is 5.92 Å². The topological polar surface area (TPSA) is 26.3 Å². The number of carbonyl (C=O) groups is 1. The summed E-state index contributed by atoms with van der Waals surface area (Å²) in [5.41, 5.74) is 0.663. The van der Waals surface area contributed by atoms with E-state index in [2.05, 4.69) is 13.0 Å². The van der Waals surface area contributed by atoms with E-state index in [0.29, 0.717) is 5.41 Å². The average molecular weight is 331 g/mol. The lowest BCUT2D eigenvalue weighted by Gasteiger charge is -2.54. The van der Waals surface area contributed by atoms with Gasteiger partial charge in [0.2, 0.25) is 0 Å². The van der Waals surface area contributed by atoms with E-state index in [0.717, 1.165) is 48.2 Å². The fourth-order valence-corrected chi connectivity index (χ4v) is 6.79.